The minimum Gasteiger partial charge on any atom is -0.309 e. The largest absolute Gasteiger partial charge is 0.309 e. The van der Waals surface area contributed by atoms with Crippen LogP contribution in [0.2, 0.25) is 0 Å². The maximum absolute atomic E-state index is 13.6. The quantitative estimate of drug-likeness (QED) is 0.812. The summed E-state index contributed by atoms with van der Waals surface area (Å²) in [5.74, 6) is -0.485. The summed E-state index contributed by atoms with van der Waals surface area (Å²) >= 11 is 0. The van der Waals surface area contributed by atoms with Gasteiger partial charge in [-0.2, -0.15) is 0 Å². The molecule has 0 aliphatic carbocycles. The topological polar surface area (TPSA) is 12.0 Å². The summed E-state index contributed by atoms with van der Waals surface area (Å²) in [5.41, 5.74) is -0.0375. The molecule has 0 saturated heterocycles. The number of hydrogen-bond acceptors (Lipinski definition) is 1. The third-order valence-corrected chi connectivity index (χ3v) is 2.05. The first kappa shape index (κ1) is 12.1. The molecular weight excluding hydrogens is 196 g/mol. The number of alkyl halides is 1. The van der Waals surface area contributed by atoms with Crippen LogP contribution in [0.4, 0.5) is 8.78 Å². The van der Waals surface area contributed by atoms with E-state index in [1.54, 1.807) is 12.1 Å². The fourth-order valence-corrected chi connectivity index (χ4v) is 1.23. The molecule has 84 valence electrons. The predicted octanol–water partition coefficient (Wildman–Crippen LogP) is 3.22. The monoisotopic (exact) mass is 213 g/mol. The van der Waals surface area contributed by atoms with Crippen molar-refractivity contribution in [1.82, 2.24) is 5.32 Å². The zero-order valence-corrected chi connectivity index (χ0v) is 9.35. The van der Waals surface area contributed by atoms with Crippen LogP contribution in [0.1, 0.15) is 32.5 Å². The number of benzene rings is 1. The van der Waals surface area contributed by atoms with Crippen LogP contribution in [0.3, 0.4) is 0 Å². The van der Waals surface area contributed by atoms with E-state index in [9.17, 15) is 8.78 Å². The predicted molar refractivity (Wildman–Crippen MR) is 58.0 cm³/mol. The highest BCUT2D eigenvalue weighted by atomic mass is 19.1. The number of rotatable bonds is 3. The zero-order valence-electron chi connectivity index (χ0n) is 9.35. The molecule has 1 aromatic carbocycles. The molecule has 0 amide bonds. The third-order valence-electron chi connectivity index (χ3n) is 2.05. The number of hydrogen-bond donors (Lipinski definition) is 1. The lowest BCUT2D eigenvalue weighted by molar-refractivity contribution is 0.285. The molecular formula is C12H17F2N. The highest BCUT2D eigenvalue weighted by Gasteiger charge is 2.17. The first-order valence-corrected chi connectivity index (χ1v) is 5.04. The van der Waals surface area contributed by atoms with Crippen molar-refractivity contribution < 1.29 is 8.78 Å². The van der Waals surface area contributed by atoms with E-state index < -0.39 is 12.0 Å². The normalized spacial score (nSPS) is 13.9. The molecule has 0 aliphatic heterocycles. The van der Waals surface area contributed by atoms with Gasteiger partial charge < -0.3 is 5.32 Å². The Bertz CT molecular complexity index is 318. The van der Waals surface area contributed by atoms with Crippen molar-refractivity contribution in [1.29, 1.82) is 0 Å². The van der Waals surface area contributed by atoms with E-state index >= 15 is 0 Å². The van der Waals surface area contributed by atoms with Gasteiger partial charge in [0.1, 0.15) is 12.0 Å². The summed E-state index contributed by atoms with van der Waals surface area (Å²) in [6, 6.07) is 5.95. The van der Waals surface area contributed by atoms with Gasteiger partial charge in [0.15, 0.2) is 0 Å². The summed E-state index contributed by atoms with van der Waals surface area (Å²) < 4.78 is 26.8. The van der Waals surface area contributed by atoms with Crippen LogP contribution in [-0.2, 0) is 0 Å². The summed E-state index contributed by atoms with van der Waals surface area (Å²) in [5, 5.41) is 3.01. The van der Waals surface area contributed by atoms with Crippen molar-refractivity contribution >= 4 is 0 Å². The highest BCUT2D eigenvalue weighted by molar-refractivity contribution is 5.20. The summed E-state index contributed by atoms with van der Waals surface area (Å²) in [4.78, 5) is 0. The van der Waals surface area contributed by atoms with Crippen LogP contribution in [0, 0.1) is 5.82 Å². The maximum Gasteiger partial charge on any atom is 0.140 e. The average Bonchev–Trinajstić information content (AvgIpc) is 2.14. The SMILES string of the molecule is CC(C)(C)NCC(F)c1ccccc1F. The molecule has 0 radical (unpaired) electrons. The molecule has 0 aliphatic rings. The molecule has 0 aromatic heterocycles. The van der Waals surface area contributed by atoms with Crippen molar-refractivity contribution in [3.63, 3.8) is 0 Å². The van der Waals surface area contributed by atoms with Gasteiger partial charge in [-0.05, 0) is 26.8 Å². The van der Waals surface area contributed by atoms with E-state index in [-0.39, 0.29) is 17.6 Å². The maximum atomic E-state index is 13.6. The molecule has 1 N–H and O–H groups in total. The van der Waals surface area contributed by atoms with Gasteiger partial charge >= 0.3 is 0 Å². The summed E-state index contributed by atoms with van der Waals surface area (Å²) in [6.07, 6.45) is -1.30. The Kier molecular flexibility index (Phi) is 3.80. The van der Waals surface area contributed by atoms with Gasteiger partial charge in [0.25, 0.3) is 0 Å². The van der Waals surface area contributed by atoms with Crippen LogP contribution in [0.15, 0.2) is 24.3 Å². The summed E-state index contributed by atoms with van der Waals surface area (Å²) in [6.45, 7) is 5.97. The fourth-order valence-electron chi connectivity index (χ4n) is 1.23. The standard InChI is InChI=1S/C12H17F2N/c1-12(2,3)15-8-11(14)9-6-4-5-7-10(9)13/h4-7,11,15H,8H2,1-3H3. The minimum atomic E-state index is -1.30. The first-order chi connectivity index (χ1) is 6.90. The van der Waals surface area contributed by atoms with Crippen molar-refractivity contribution in [3.05, 3.63) is 35.6 Å². The van der Waals surface area contributed by atoms with E-state index in [2.05, 4.69) is 5.32 Å². The van der Waals surface area contributed by atoms with Crippen LogP contribution in [-0.4, -0.2) is 12.1 Å². The van der Waals surface area contributed by atoms with Gasteiger partial charge in [0, 0.05) is 17.6 Å². The van der Waals surface area contributed by atoms with Gasteiger partial charge in [-0.25, -0.2) is 8.78 Å². The lowest BCUT2D eigenvalue weighted by atomic mass is 10.1. The summed E-state index contributed by atoms with van der Waals surface area (Å²) in [7, 11) is 0. The second kappa shape index (κ2) is 4.71. The van der Waals surface area contributed by atoms with Crippen LogP contribution < -0.4 is 5.32 Å². The highest BCUT2D eigenvalue weighted by Crippen LogP contribution is 2.20. The van der Waals surface area contributed by atoms with Gasteiger partial charge in [0.2, 0.25) is 0 Å². The smallest absolute Gasteiger partial charge is 0.140 e. The Hall–Kier alpha value is -0.960. The molecule has 3 heteroatoms. The molecule has 15 heavy (non-hydrogen) atoms. The minimum absolute atomic E-state index is 0.120. The van der Waals surface area contributed by atoms with E-state index in [1.807, 2.05) is 20.8 Å². The van der Waals surface area contributed by atoms with E-state index in [1.165, 1.54) is 12.1 Å². The lowest BCUT2D eigenvalue weighted by Gasteiger charge is -2.22. The Morgan fingerprint density at radius 2 is 1.87 bits per heavy atom. The Labute approximate surface area is 89.5 Å². The van der Waals surface area contributed by atoms with Crippen molar-refractivity contribution in [2.45, 2.75) is 32.5 Å². The lowest BCUT2D eigenvalue weighted by Crippen LogP contribution is -2.38. The Morgan fingerprint density at radius 3 is 2.40 bits per heavy atom. The van der Waals surface area contributed by atoms with Crippen LogP contribution in [0.5, 0.6) is 0 Å². The van der Waals surface area contributed by atoms with Gasteiger partial charge in [-0.3, -0.25) is 0 Å². The van der Waals surface area contributed by atoms with Crippen molar-refractivity contribution in [2.75, 3.05) is 6.54 Å². The fraction of sp³-hybridized carbons (Fsp3) is 0.500. The molecule has 0 fully saturated rings. The second-order valence-electron chi connectivity index (χ2n) is 4.62. The third kappa shape index (κ3) is 3.96. The van der Waals surface area contributed by atoms with Crippen LogP contribution in [0.25, 0.3) is 0 Å². The molecule has 1 aromatic rings. The first-order valence-electron chi connectivity index (χ1n) is 5.04. The molecule has 1 rings (SSSR count). The van der Waals surface area contributed by atoms with E-state index in [0.29, 0.717) is 0 Å². The van der Waals surface area contributed by atoms with Crippen molar-refractivity contribution in [3.8, 4) is 0 Å². The van der Waals surface area contributed by atoms with Gasteiger partial charge in [0.05, 0.1) is 0 Å². The van der Waals surface area contributed by atoms with Gasteiger partial charge in [-0.15, -0.1) is 0 Å². The molecule has 1 nitrogen and oxygen atoms in total. The number of halogens is 2. The Morgan fingerprint density at radius 1 is 1.27 bits per heavy atom. The number of nitrogens with one attached hydrogen (secondary N) is 1. The van der Waals surface area contributed by atoms with Crippen LogP contribution >= 0.6 is 0 Å². The molecule has 1 atom stereocenters. The zero-order chi connectivity index (χ0) is 11.5. The van der Waals surface area contributed by atoms with E-state index in [4.69, 9.17) is 0 Å². The molecule has 0 spiro atoms. The Balaban J connectivity index is 2.62. The van der Waals surface area contributed by atoms with Crippen molar-refractivity contribution in [2.24, 2.45) is 0 Å². The molecule has 0 saturated carbocycles. The molecule has 0 heterocycles. The van der Waals surface area contributed by atoms with E-state index in [0.717, 1.165) is 0 Å². The van der Waals surface area contributed by atoms with Gasteiger partial charge in [-0.1, -0.05) is 18.2 Å². The average molecular weight is 213 g/mol. The molecule has 1 unspecified atom stereocenters. The molecule has 0 bridgehead atoms. The second-order valence-corrected chi connectivity index (χ2v) is 4.62.